The number of hydrogen-bond acceptors (Lipinski definition) is 2. The van der Waals surface area contributed by atoms with Crippen LogP contribution in [0.5, 0.6) is 0 Å². The lowest BCUT2D eigenvalue weighted by molar-refractivity contribution is -0.137. The fourth-order valence-electron chi connectivity index (χ4n) is 2.25. The van der Waals surface area contributed by atoms with Gasteiger partial charge in [0, 0.05) is 17.8 Å². The van der Waals surface area contributed by atoms with E-state index in [0.29, 0.717) is 6.04 Å². The van der Waals surface area contributed by atoms with E-state index in [1.165, 1.54) is 12.1 Å². The summed E-state index contributed by atoms with van der Waals surface area (Å²) in [5.74, 6) is 0. The maximum absolute atomic E-state index is 12.4. The van der Waals surface area contributed by atoms with Gasteiger partial charge < -0.3 is 11.1 Å². The lowest BCUT2D eigenvalue weighted by Gasteiger charge is -2.27. The standard InChI is InChI=1S/C13H17F3N2/c14-13(15,16)9-1-5-11(6-2-9)18-12-7-3-10(17)4-8-12/h1-2,5-6,10,12,18H,3-4,7-8,17H2/t10-,12-. The smallest absolute Gasteiger partial charge is 0.382 e. The summed E-state index contributed by atoms with van der Waals surface area (Å²) in [6.45, 7) is 0. The van der Waals surface area contributed by atoms with Gasteiger partial charge in [-0.15, -0.1) is 0 Å². The van der Waals surface area contributed by atoms with E-state index >= 15 is 0 Å². The molecule has 1 fully saturated rings. The van der Waals surface area contributed by atoms with Gasteiger partial charge in [-0.3, -0.25) is 0 Å². The van der Waals surface area contributed by atoms with E-state index in [4.69, 9.17) is 5.73 Å². The molecule has 0 atom stereocenters. The van der Waals surface area contributed by atoms with Gasteiger partial charge in [0.05, 0.1) is 5.56 Å². The first-order valence-corrected chi connectivity index (χ1v) is 6.14. The summed E-state index contributed by atoms with van der Waals surface area (Å²) in [7, 11) is 0. The Labute approximate surface area is 104 Å². The van der Waals surface area contributed by atoms with Gasteiger partial charge >= 0.3 is 6.18 Å². The molecule has 0 bridgehead atoms. The molecule has 1 aromatic rings. The van der Waals surface area contributed by atoms with Crippen LogP contribution in [0.15, 0.2) is 24.3 Å². The van der Waals surface area contributed by atoms with Crippen molar-refractivity contribution in [3.05, 3.63) is 29.8 Å². The molecule has 0 radical (unpaired) electrons. The molecule has 1 saturated carbocycles. The average Bonchev–Trinajstić information content (AvgIpc) is 2.32. The average molecular weight is 258 g/mol. The van der Waals surface area contributed by atoms with E-state index in [-0.39, 0.29) is 6.04 Å². The summed E-state index contributed by atoms with van der Waals surface area (Å²) >= 11 is 0. The Kier molecular flexibility index (Phi) is 3.80. The minimum absolute atomic E-state index is 0.274. The molecule has 1 aromatic carbocycles. The minimum Gasteiger partial charge on any atom is -0.382 e. The number of nitrogens with one attached hydrogen (secondary N) is 1. The third-order valence-electron chi connectivity index (χ3n) is 3.35. The molecule has 0 saturated heterocycles. The van der Waals surface area contributed by atoms with Crippen LogP contribution in [-0.2, 0) is 6.18 Å². The van der Waals surface area contributed by atoms with Gasteiger partial charge in [0.15, 0.2) is 0 Å². The first-order chi connectivity index (χ1) is 8.45. The highest BCUT2D eigenvalue weighted by atomic mass is 19.4. The molecule has 2 rings (SSSR count). The molecule has 0 unspecified atom stereocenters. The van der Waals surface area contributed by atoms with Crippen LogP contribution in [0.1, 0.15) is 31.2 Å². The topological polar surface area (TPSA) is 38.0 Å². The normalized spacial score (nSPS) is 24.9. The van der Waals surface area contributed by atoms with Crippen LogP contribution in [0.25, 0.3) is 0 Å². The molecule has 0 spiro atoms. The second-order valence-electron chi connectivity index (χ2n) is 4.83. The first-order valence-electron chi connectivity index (χ1n) is 6.14. The Morgan fingerprint density at radius 1 is 1.00 bits per heavy atom. The zero-order chi connectivity index (χ0) is 13.2. The lowest BCUT2D eigenvalue weighted by atomic mass is 9.91. The molecule has 3 N–H and O–H groups in total. The number of benzene rings is 1. The highest BCUT2D eigenvalue weighted by Gasteiger charge is 2.30. The van der Waals surface area contributed by atoms with E-state index in [1.807, 2.05) is 0 Å². The maximum atomic E-state index is 12.4. The van der Waals surface area contributed by atoms with Gasteiger partial charge in [-0.1, -0.05) is 0 Å². The van der Waals surface area contributed by atoms with Crippen LogP contribution < -0.4 is 11.1 Å². The van der Waals surface area contributed by atoms with Crippen LogP contribution in [0.2, 0.25) is 0 Å². The number of halogens is 3. The predicted molar refractivity (Wildman–Crippen MR) is 65.3 cm³/mol. The quantitative estimate of drug-likeness (QED) is 0.853. The van der Waals surface area contributed by atoms with Crippen LogP contribution >= 0.6 is 0 Å². The zero-order valence-corrected chi connectivity index (χ0v) is 10.0. The van der Waals surface area contributed by atoms with Crippen molar-refractivity contribution in [2.75, 3.05) is 5.32 Å². The fraction of sp³-hybridized carbons (Fsp3) is 0.538. The highest BCUT2D eigenvalue weighted by molar-refractivity contribution is 5.46. The number of nitrogens with two attached hydrogens (primary N) is 1. The molecule has 5 heteroatoms. The van der Waals surface area contributed by atoms with Crippen molar-refractivity contribution >= 4 is 5.69 Å². The third-order valence-corrected chi connectivity index (χ3v) is 3.35. The second-order valence-corrected chi connectivity index (χ2v) is 4.83. The second kappa shape index (κ2) is 5.18. The van der Waals surface area contributed by atoms with Gasteiger partial charge in [0.2, 0.25) is 0 Å². The highest BCUT2D eigenvalue weighted by Crippen LogP contribution is 2.30. The van der Waals surface area contributed by atoms with Crippen molar-refractivity contribution in [1.82, 2.24) is 0 Å². The van der Waals surface area contributed by atoms with Crippen molar-refractivity contribution in [1.29, 1.82) is 0 Å². The lowest BCUT2D eigenvalue weighted by Crippen LogP contribution is -2.32. The molecule has 2 nitrogen and oxygen atoms in total. The van der Waals surface area contributed by atoms with E-state index in [0.717, 1.165) is 43.5 Å². The Morgan fingerprint density at radius 2 is 1.56 bits per heavy atom. The van der Waals surface area contributed by atoms with Gasteiger partial charge in [0.25, 0.3) is 0 Å². The van der Waals surface area contributed by atoms with Crippen molar-refractivity contribution in [2.45, 2.75) is 43.9 Å². The predicted octanol–water partition coefficient (Wildman–Crippen LogP) is 3.39. The number of hydrogen-bond donors (Lipinski definition) is 2. The SMILES string of the molecule is N[C@H]1CC[C@H](Nc2ccc(C(F)(F)F)cc2)CC1. The number of alkyl halides is 3. The summed E-state index contributed by atoms with van der Waals surface area (Å²) in [5.41, 5.74) is 5.93. The minimum atomic E-state index is -4.27. The molecule has 0 heterocycles. The summed E-state index contributed by atoms with van der Waals surface area (Å²) in [6, 6.07) is 5.78. The summed E-state index contributed by atoms with van der Waals surface area (Å²) in [5, 5.41) is 3.26. The number of anilines is 1. The Bertz CT molecular complexity index is 378. The van der Waals surface area contributed by atoms with Gasteiger partial charge in [-0.2, -0.15) is 13.2 Å². The molecule has 1 aliphatic carbocycles. The van der Waals surface area contributed by atoms with Gasteiger partial charge in [-0.25, -0.2) is 0 Å². The molecule has 18 heavy (non-hydrogen) atoms. The fourth-order valence-corrected chi connectivity index (χ4v) is 2.25. The molecule has 0 amide bonds. The summed E-state index contributed by atoms with van der Waals surface area (Å²) in [4.78, 5) is 0. The number of rotatable bonds is 2. The largest absolute Gasteiger partial charge is 0.416 e. The van der Waals surface area contributed by atoms with E-state index < -0.39 is 11.7 Å². The Morgan fingerprint density at radius 3 is 2.06 bits per heavy atom. The monoisotopic (exact) mass is 258 g/mol. The van der Waals surface area contributed by atoms with Crippen LogP contribution in [0, 0.1) is 0 Å². The maximum Gasteiger partial charge on any atom is 0.416 e. The molecular formula is C13H17F3N2. The van der Waals surface area contributed by atoms with E-state index in [2.05, 4.69) is 5.32 Å². The molecule has 0 aliphatic heterocycles. The van der Waals surface area contributed by atoms with Crippen LogP contribution in [-0.4, -0.2) is 12.1 Å². The van der Waals surface area contributed by atoms with E-state index in [9.17, 15) is 13.2 Å². The molecule has 0 aromatic heterocycles. The third kappa shape index (κ3) is 3.38. The summed E-state index contributed by atoms with van der Waals surface area (Å²) < 4.78 is 37.2. The van der Waals surface area contributed by atoms with Crippen molar-refractivity contribution in [2.24, 2.45) is 5.73 Å². The Hall–Kier alpha value is -1.23. The van der Waals surface area contributed by atoms with E-state index in [1.54, 1.807) is 0 Å². The molecule has 100 valence electrons. The van der Waals surface area contributed by atoms with Crippen molar-refractivity contribution < 1.29 is 13.2 Å². The van der Waals surface area contributed by atoms with Crippen LogP contribution in [0.4, 0.5) is 18.9 Å². The molecular weight excluding hydrogens is 241 g/mol. The van der Waals surface area contributed by atoms with Crippen LogP contribution in [0.3, 0.4) is 0 Å². The van der Waals surface area contributed by atoms with Gasteiger partial charge in [-0.05, 0) is 49.9 Å². The van der Waals surface area contributed by atoms with Gasteiger partial charge in [0.1, 0.15) is 0 Å². The van der Waals surface area contributed by atoms with Crippen molar-refractivity contribution in [3.63, 3.8) is 0 Å². The zero-order valence-electron chi connectivity index (χ0n) is 10.0. The Balaban J connectivity index is 1.94. The summed E-state index contributed by atoms with van der Waals surface area (Å²) in [6.07, 6.45) is -0.378. The molecule has 1 aliphatic rings. The first kappa shape index (κ1) is 13.2. The van der Waals surface area contributed by atoms with Crippen molar-refractivity contribution in [3.8, 4) is 0 Å².